The lowest BCUT2D eigenvalue weighted by Gasteiger charge is -2.16. The van der Waals surface area contributed by atoms with Crippen molar-refractivity contribution < 1.29 is 19.1 Å². The lowest BCUT2D eigenvalue weighted by atomic mass is 10.0. The number of carbonyl (C=O) groups is 2. The molecule has 0 bridgehead atoms. The summed E-state index contributed by atoms with van der Waals surface area (Å²) in [5.41, 5.74) is 0.820. The number of hydrogen-bond donors (Lipinski definition) is 3. The molecular weight excluding hydrogens is 236 g/mol. The van der Waals surface area contributed by atoms with Crippen LogP contribution in [0.2, 0.25) is 0 Å². The van der Waals surface area contributed by atoms with Gasteiger partial charge < -0.3 is 20.2 Å². The highest BCUT2D eigenvalue weighted by Gasteiger charge is 2.20. The molecule has 0 aliphatic rings. The van der Waals surface area contributed by atoms with Gasteiger partial charge in [0.2, 0.25) is 0 Å². The normalized spacial score (nSPS) is 12.2. The molecule has 1 aromatic heterocycles. The lowest BCUT2D eigenvalue weighted by Crippen LogP contribution is -2.46. The van der Waals surface area contributed by atoms with Crippen molar-refractivity contribution in [2.75, 3.05) is 0 Å². The highest BCUT2D eigenvalue weighted by Crippen LogP contribution is 2.05. The molecule has 6 heteroatoms. The maximum Gasteiger partial charge on any atom is 0.326 e. The minimum absolute atomic E-state index is 0.195. The fourth-order valence-corrected chi connectivity index (χ4v) is 1.48. The van der Waals surface area contributed by atoms with Crippen molar-refractivity contribution >= 4 is 12.0 Å². The molecule has 1 atom stereocenters. The molecule has 18 heavy (non-hydrogen) atoms. The summed E-state index contributed by atoms with van der Waals surface area (Å²) < 4.78 is 4.85. The van der Waals surface area contributed by atoms with Crippen LogP contribution in [0.1, 0.15) is 25.8 Å². The predicted octanol–water partition coefficient (Wildman–Crippen LogP) is 1.58. The number of carboxylic acids is 1. The molecule has 0 aliphatic carbocycles. The van der Waals surface area contributed by atoms with Gasteiger partial charge in [0.15, 0.2) is 0 Å². The molecule has 0 aromatic carbocycles. The van der Waals surface area contributed by atoms with E-state index in [1.54, 1.807) is 6.07 Å². The van der Waals surface area contributed by atoms with Crippen LogP contribution in [0.5, 0.6) is 0 Å². The van der Waals surface area contributed by atoms with Crippen LogP contribution in [0.3, 0.4) is 0 Å². The van der Waals surface area contributed by atoms with Crippen LogP contribution in [0, 0.1) is 5.92 Å². The zero-order valence-electron chi connectivity index (χ0n) is 10.5. The van der Waals surface area contributed by atoms with Gasteiger partial charge >= 0.3 is 12.0 Å². The lowest BCUT2D eigenvalue weighted by molar-refractivity contribution is -0.139. The second kappa shape index (κ2) is 6.68. The van der Waals surface area contributed by atoms with E-state index in [1.165, 1.54) is 12.5 Å². The molecule has 3 N–H and O–H groups in total. The molecule has 100 valence electrons. The van der Waals surface area contributed by atoms with Gasteiger partial charge in [-0.1, -0.05) is 13.8 Å². The van der Waals surface area contributed by atoms with Crippen LogP contribution in [0.15, 0.2) is 23.0 Å². The third-order valence-electron chi connectivity index (χ3n) is 2.34. The summed E-state index contributed by atoms with van der Waals surface area (Å²) in [5.74, 6) is -0.831. The van der Waals surface area contributed by atoms with Gasteiger partial charge in [-0.05, 0) is 18.4 Å². The zero-order chi connectivity index (χ0) is 13.5. The highest BCUT2D eigenvalue weighted by molar-refractivity contribution is 5.82. The van der Waals surface area contributed by atoms with Gasteiger partial charge in [0, 0.05) is 12.1 Å². The van der Waals surface area contributed by atoms with E-state index in [4.69, 9.17) is 9.52 Å². The summed E-state index contributed by atoms with van der Waals surface area (Å²) in [6.07, 6.45) is 3.42. The average molecular weight is 254 g/mol. The Bertz CT molecular complexity index is 387. The van der Waals surface area contributed by atoms with Gasteiger partial charge in [0.25, 0.3) is 0 Å². The average Bonchev–Trinajstić information content (AvgIpc) is 2.77. The third kappa shape index (κ3) is 4.90. The number of amides is 2. The number of urea groups is 1. The van der Waals surface area contributed by atoms with Gasteiger partial charge in [-0.15, -0.1) is 0 Å². The van der Waals surface area contributed by atoms with E-state index < -0.39 is 18.0 Å². The first-order valence-corrected chi connectivity index (χ1v) is 5.77. The first-order valence-electron chi connectivity index (χ1n) is 5.77. The van der Waals surface area contributed by atoms with Crippen LogP contribution in [0.25, 0.3) is 0 Å². The van der Waals surface area contributed by atoms with Gasteiger partial charge in [-0.2, -0.15) is 0 Å². The largest absolute Gasteiger partial charge is 0.480 e. The Kier molecular flexibility index (Phi) is 5.23. The highest BCUT2D eigenvalue weighted by atomic mass is 16.4. The van der Waals surface area contributed by atoms with Crippen LogP contribution >= 0.6 is 0 Å². The van der Waals surface area contributed by atoms with Crippen LogP contribution in [-0.2, 0) is 11.3 Å². The number of carboxylic acid groups (broad SMARTS) is 1. The number of carbonyl (C=O) groups excluding carboxylic acids is 1. The Morgan fingerprint density at radius 2 is 2.17 bits per heavy atom. The maximum absolute atomic E-state index is 11.5. The third-order valence-corrected chi connectivity index (χ3v) is 2.34. The summed E-state index contributed by atoms with van der Waals surface area (Å²) >= 11 is 0. The first kappa shape index (κ1) is 14.1. The second-order valence-electron chi connectivity index (χ2n) is 4.48. The standard InChI is InChI=1S/C12H18N2O4/c1-8(2)5-10(11(15)16)14-12(17)13-6-9-3-4-18-7-9/h3-4,7-8,10H,5-6H2,1-2H3,(H,15,16)(H2,13,14,17). The van der Waals surface area contributed by atoms with Gasteiger partial charge in [-0.25, -0.2) is 9.59 Å². The molecule has 0 spiro atoms. The van der Waals surface area contributed by atoms with Gasteiger partial charge in [0.1, 0.15) is 6.04 Å². The number of nitrogens with one attached hydrogen (secondary N) is 2. The Hall–Kier alpha value is -1.98. The van der Waals surface area contributed by atoms with E-state index in [0.29, 0.717) is 13.0 Å². The fourth-order valence-electron chi connectivity index (χ4n) is 1.48. The molecule has 0 fully saturated rings. The van der Waals surface area contributed by atoms with Crippen molar-refractivity contribution in [1.82, 2.24) is 10.6 Å². The molecule has 1 rings (SSSR count). The molecular formula is C12H18N2O4. The second-order valence-corrected chi connectivity index (χ2v) is 4.48. The summed E-state index contributed by atoms with van der Waals surface area (Å²) in [5, 5.41) is 14.0. The van der Waals surface area contributed by atoms with Gasteiger partial charge in [0.05, 0.1) is 12.5 Å². The number of aliphatic carboxylic acids is 1. The maximum atomic E-state index is 11.5. The summed E-state index contributed by atoms with van der Waals surface area (Å²) in [4.78, 5) is 22.5. The van der Waals surface area contributed by atoms with Crippen molar-refractivity contribution in [2.45, 2.75) is 32.9 Å². The van der Waals surface area contributed by atoms with Crippen LogP contribution in [-0.4, -0.2) is 23.1 Å². The van der Waals surface area contributed by atoms with E-state index >= 15 is 0 Å². The monoisotopic (exact) mass is 254 g/mol. The van der Waals surface area contributed by atoms with Gasteiger partial charge in [-0.3, -0.25) is 0 Å². The summed E-state index contributed by atoms with van der Waals surface area (Å²) in [7, 11) is 0. The molecule has 1 unspecified atom stereocenters. The molecule has 2 amide bonds. The van der Waals surface area contributed by atoms with Crippen molar-refractivity contribution in [3.8, 4) is 0 Å². The fraction of sp³-hybridized carbons (Fsp3) is 0.500. The molecule has 0 radical (unpaired) electrons. The molecule has 6 nitrogen and oxygen atoms in total. The zero-order valence-corrected chi connectivity index (χ0v) is 10.5. The topological polar surface area (TPSA) is 91.6 Å². The first-order chi connectivity index (χ1) is 8.49. The van der Waals surface area contributed by atoms with E-state index in [9.17, 15) is 9.59 Å². The van der Waals surface area contributed by atoms with E-state index in [2.05, 4.69) is 10.6 Å². The van der Waals surface area contributed by atoms with Crippen LogP contribution < -0.4 is 10.6 Å². The van der Waals surface area contributed by atoms with Crippen molar-refractivity contribution in [3.63, 3.8) is 0 Å². The van der Waals surface area contributed by atoms with E-state index in [-0.39, 0.29) is 5.92 Å². The number of furan rings is 1. The molecule has 1 aromatic rings. The Morgan fingerprint density at radius 3 is 2.67 bits per heavy atom. The van der Waals surface area contributed by atoms with Crippen molar-refractivity contribution in [1.29, 1.82) is 0 Å². The predicted molar refractivity (Wildman–Crippen MR) is 65.0 cm³/mol. The molecule has 0 saturated heterocycles. The Labute approximate surface area is 105 Å². The van der Waals surface area contributed by atoms with Crippen molar-refractivity contribution in [3.05, 3.63) is 24.2 Å². The summed E-state index contributed by atoms with van der Waals surface area (Å²) in [6.45, 7) is 4.11. The van der Waals surface area contributed by atoms with E-state index in [0.717, 1.165) is 5.56 Å². The molecule has 0 aliphatic heterocycles. The number of hydrogen-bond acceptors (Lipinski definition) is 3. The Balaban J connectivity index is 2.39. The smallest absolute Gasteiger partial charge is 0.326 e. The molecule has 0 saturated carbocycles. The molecule has 1 heterocycles. The SMILES string of the molecule is CC(C)CC(NC(=O)NCc1ccoc1)C(=O)O. The van der Waals surface area contributed by atoms with Crippen LogP contribution in [0.4, 0.5) is 4.79 Å². The number of rotatable bonds is 6. The quantitative estimate of drug-likeness (QED) is 0.718. The van der Waals surface area contributed by atoms with Crippen molar-refractivity contribution in [2.24, 2.45) is 5.92 Å². The minimum Gasteiger partial charge on any atom is -0.480 e. The Morgan fingerprint density at radius 1 is 1.44 bits per heavy atom. The summed E-state index contributed by atoms with van der Waals surface area (Å²) in [6, 6.07) is 0.363. The minimum atomic E-state index is -1.03. The van der Waals surface area contributed by atoms with E-state index in [1.807, 2.05) is 13.8 Å².